The summed E-state index contributed by atoms with van der Waals surface area (Å²) in [4.78, 5) is 18.0. The number of hydrogen-bond donors (Lipinski definition) is 1. The van der Waals surface area contributed by atoms with Crippen molar-refractivity contribution in [1.29, 1.82) is 0 Å². The van der Waals surface area contributed by atoms with E-state index in [1.54, 1.807) is 18.4 Å². The summed E-state index contributed by atoms with van der Waals surface area (Å²) < 4.78 is 11.0. The first-order valence-corrected chi connectivity index (χ1v) is 10.6. The summed E-state index contributed by atoms with van der Waals surface area (Å²) in [6.45, 7) is 7.20. The number of nitrogens with one attached hydrogen (secondary N) is 1. The number of ether oxygens (including phenoxy) is 2. The first-order chi connectivity index (χ1) is 12.8. The molecule has 146 valence electrons. The molecule has 1 fully saturated rings. The van der Waals surface area contributed by atoms with Gasteiger partial charge in [0.15, 0.2) is 5.06 Å². The van der Waals surface area contributed by atoms with Crippen molar-refractivity contribution in [1.82, 2.24) is 15.1 Å². The van der Waals surface area contributed by atoms with E-state index < -0.39 is 0 Å². The second-order valence-electron chi connectivity index (χ2n) is 7.01. The molecule has 2 amide bonds. The van der Waals surface area contributed by atoms with Gasteiger partial charge in [-0.15, -0.1) is 11.3 Å². The highest BCUT2D eigenvalue weighted by Gasteiger charge is 2.23. The lowest BCUT2D eigenvalue weighted by atomic mass is 10.1. The minimum absolute atomic E-state index is 0.0195. The number of carbonyl (C=O) groups is 1. The highest BCUT2D eigenvalue weighted by atomic mass is 32.1. The quantitative estimate of drug-likeness (QED) is 0.668. The summed E-state index contributed by atoms with van der Waals surface area (Å²) in [5, 5.41) is 3.97. The van der Waals surface area contributed by atoms with Crippen LogP contribution in [-0.2, 0) is 17.7 Å². The Hall–Kier alpha value is -1.31. The van der Waals surface area contributed by atoms with E-state index in [0.29, 0.717) is 19.7 Å². The molecule has 3 rings (SSSR count). The van der Waals surface area contributed by atoms with Crippen LogP contribution in [0.1, 0.15) is 36.1 Å². The third-order valence-corrected chi connectivity index (χ3v) is 6.14. The Morgan fingerprint density at radius 3 is 2.88 bits per heavy atom. The zero-order valence-corrected chi connectivity index (χ0v) is 16.6. The number of carbonyl (C=O) groups excluding carboxylic acids is 1. The molecule has 6 nitrogen and oxygen atoms in total. The number of fused-ring (bicyclic) bond motifs is 1. The molecule has 3 heterocycles. The van der Waals surface area contributed by atoms with Crippen LogP contribution < -0.4 is 10.1 Å². The van der Waals surface area contributed by atoms with Gasteiger partial charge in [-0.1, -0.05) is 0 Å². The van der Waals surface area contributed by atoms with Crippen LogP contribution in [0.5, 0.6) is 5.06 Å². The van der Waals surface area contributed by atoms with Crippen LogP contribution in [0.15, 0.2) is 6.07 Å². The van der Waals surface area contributed by atoms with Crippen LogP contribution in [0.2, 0.25) is 0 Å². The Bertz CT molecular complexity index is 572. The zero-order valence-electron chi connectivity index (χ0n) is 15.8. The molecule has 1 aromatic rings. The molecule has 7 heteroatoms. The normalized spacial score (nSPS) is 17.3. The van der Waals surface area contributed by atoms with Gasteiger partial charge in [0.2, 0.25) is 0 Å². The van der Waals surface area contributed by atoms with Crippen molar-refractivity contribution in [3.63, 3.8) is 0 Å². The minimum Gasteiger partial charge on any atom is -0.484 e. The van der Waals surface area contributed by atoms with Crippen LogP contribution in [0.25, 0.3) is 0 Å². The fourth-order valence-electron chi connectivity index (χ4n) is 3.54. The minimum atomic E-state index is 0.0195. The highest BCUT2D eigenvalue weighted by Crippen LogP contribution is 2.33. The summed E-state index contributed by atoms with van der Waals surface area (Å²) in [5.74, 6) is 0. The standard InChI is InChI=1S/C19H31N3O3S/c1-24-12-4-7-20-19(23)22-11-6-17-16(15-22)14-18(26-17)25-13-5-10-21-8-2-3-9-21/h14H,2-13,15H2,1H3,(H,20,23). The lowest BCUT2D eigenvalue weighted by molar-refractivity contribution is 0.182. The smallest absolute Gasteiger partial charge is 0.317 e. The number of amides is 2. The van der Waals surface area contributed by atoms with Crippen LogP contribution in [0, 0.1) is 0 Å². The van der Waals surface area contributed by atoms with Gasteiger partial charge < -0.3 is 24.6 Å². The third-order valence-electron chi connectivity index (χ3n) is 4.99. The van der Waals surface area contributed by atoms with Crippen molar-refractivity contribution in [3.8, 4) is 5.06 Å². The van der Waals surface area contributed by atoms with Gasteiger partial charge >= 0.3 is 6.03 Å². The van der Waals surface area contributed by atoms with Gasteiger partial charge in [-0.25, -0.2) is 4.79 Å². The van der Waals surface area contributed by atoms with Crippen LogP contribution in [-0.4, -0.2) is 68.9 Å². The summed E-state index contributed by atoms with van der Waals surface area (Å²) in [5.41, 5.74) is 1.24. The number of urea groups is 1. The van der Waals surface area contributed by atoms with Gasteiger partial charge in [-0.3, -0.25) is 0 Å². The summed E-state index contributed by atoms with van der Waals surface area (Å²) in [7, 11) is 1.68. The first-order valence-electron chi connectivity index (χ1n) is 9.74. The maximum atomic E-state index is 12.3. The number of hydrogen-bond acceptors (Lipinski definition) is 5. The van der Waals surface area contributed by atoms with Crippen molar-refractivity contribution >= 4 is 17.4 Å². The predicted molar refractivity (Wildman–Crippen MR) is 104 cm³/mol. The second kappa shape index (κ2) is 10.1. The fraction of sp³-hybridized carbons (Fsp3) is 0.737. The SMILES string of the molecule is COCCCNC(=O)N1CCc2sc(OCCCN3CCCC3)cc2C1. The molecule has 0 spiro atoms. The van der Waals surface area contributed by atoms with Crippen LogP contribution >= 0.6 is 11.3 Å². The highest BCUT2D eigenvalue weighted by molar-refractivity contribution is 7.14. The number of thiophene rings is 1. The Labute approximate surface area is 160 Å². The Morgan fingerprint density at radius 2 is 2.08 bits per heavy atom. The Balaban J connectivity index is 1.39. The van der Waals surface area contributed by atoms with Gasteiger partial charge in [0.25, 0.3) is 0 Å². The molecule has 0 unspecified atom stereocenters. The van der Waals surface area contributed by atoms with E-state index in [9.17, 15) is 4.79 Å². The van der Waals surface area contributed by atoms with Crippen LogP contribution in [0.4, 0.5) is 4.79 Å². The number of rotatable bonds is 9. The van der Waals surface area contributed by atoms with Gasteiger partial charge in [0.05, 0.1) is 6.61 Å². The molecule has 0 bridgehead atoms. The Morgan fingerprint density at radius 1 is 1.23 bits per heavy atom. The molecule has 1 saturated heterocycles. The van der Waals surface area contributed by atoms with E-state index in [1.165, 1.54) is 36.4 Å². The molecule has 0 radical (unpaired) electrons. The van der Waals surface area contributed by atoms with Crippen molar-refractivity contribution in [2.45, 2.75) is 38.6 Å². The molecule has 0 aliphatic carbocycles. The topological polar surface area (TPSA) is 54.0 Å². The lowest BCUT2D eigenvalue weighted by Crippen LogP contribution is -2.42. The van der Waals surface area contributed by atoms with Gasteiger partial charge in [-0.2, -0.15) is 0 Å². The molecule has 1 N–H and O–H groups in total. The molecular formula is C19H31N3O3S. The lowest BCUT2D eigenvalue weighted by Gasteiger charge is -2.27. The second-order valence-corrected chi connectivity index (χ2v) is 8.11. The zero-order chi connectivity index (χ0) is 18.2. The maximum Gasteiger partial charge on any atom is 0.317 e. The monoisotopic (exact) mass is 381 g/mol. The average molecular weight is 382 g/mol. The maximum absolute atomic E-state index is 12.3. The molecule has 0 saturated carbocycles. The molecule has 0 atom stereocenters. The molecule has 26 heavy (non-hydrogen) atoms. The van der Waals surface area contributed by atoms with Crippen molar-refractivity contribution < 1.29 is 14.3 Å². The van der Waals surface area contributed by atoms with E-state index >= 15 is 0 Å². The molecule has 0 aromatic carbocycles. The van der Waals surface area contributed by atoms with Crippen LogP contribution in [0.3, 0.4) is 0 Å². The molecule has 2 aliphatic rings. The third kappa shape index (κ3) is 5.59. The van der Waals surface area contributed by atoms with E-state index in [4.69, 9.17) is 9.47 Å². The summed E-state index contributed by atoms with van der Waals surface area (Å²) >= 11 is 1.75. The van der Waals surface area contributed by atoms with E-state index in [1.807, 2.05) is 4.90 Å². The molecule has 2 aliphatic heterocycles. The molecular weight excluding hydrogens is 350 g/mol. The number of likely N-dealkylation sites (tertiary alicyclic amines) is 1. The van der Waals surface area contributed by atoms with Gasteiger partial charge in [0, 0.05) is 44.8 Å². The summed E-state index contributed by atoms with van der Waals surface area (Å²) in [6, 6.07) is 2.14. The number of nitrogens with zero attached hydrogens (tertiary/aromatic N) is 2. The van der Waals surface area contributed by atoms with Crippen molar-refractivity contribution in [2.75, 3.05) is 53.0 Å². The van der Waals surface area contributed by atoms with Crippen molar-refractivity contribution in [3.05, 3.63) is 16.5 Å². The van der Waals surface area contributed by atoms with Gasteiger partial charge in [-0.05, 0) is 56.8 Å². The van der Waals surface area contributed by atoms with Crippen molar-refractivity contribution in [2.24, 2.45) is 0 Å². The van der Waals surface area contributed by atoms with E-state index in [2.05, 4.69) is 16.3 Å². The average Bonchev–Trinajstić information content (AvgIpc) is 3.30. The molecule has 1 aromatic heterocycles. The largest absolute Gasteiger partial charge is 0.484 e. The fourth-order valence-corrected chi connectivity index (χ4v) is 4.58. The predicted octanol–water partition coefficient (Wildman–Crippen LogP) is 2.72. The Kier molecular flexibility index (Phi) is 7.58. The van der Waals surface area contributed by atoms with E-state index in [-0.39, 0.29) is 6.03 Å². The first kappa shape index (κ1) is 19.5. The summed E-state index contributed by atoms with van der Waals surface area (Å²) in [6.07, 6.45) is 5.53. The number of methoxy groups -OCH3 is 1. The van der Waals surface area contributed by atoms with E-state index in [0.717, 1.165) is 44.0 Å². The van der Waals surface area contributed by atoms with Gasteiger partial charge in [0.1, 0.15) is 0 Å².